The zero-order chi connectivity index (χ0) is 18.4. The molecule has 0 radical (unpaired) electrons. The lowest BCUT2D eigenvalue weighted by Crippen LogP contribution is -2.45. The molecule has 0 saturated carbocycles. The van der Waals surface area contributed by atoms with Crippen molar-refractivity contribution < 1.29 is 9.47 Å². The number of hydrogen-bond donors (Lipinski definition) is 0. The minimum atomic E-state index is -1.40. The molecule has 0 aliphatic heterocycles. The molecule has 0 N–H and O–H groups in total. The fourth-order valence-electron chi connectivity index (χ4n) is 3.53. The van der Waals surface area contributed by atoms with Crippen molar-refractivity contribution in [2.24, 2.45) is 0 Å². The van der Waals surface area contributed by atoms with E-state index in [0.29, 0.717) is 18.8 Å². The van der Waals surface area contributed by atoms with Crippen molar-refractivity contribution in [3.8, 4) is 0 Å². The Hall–Kier alpha value is -1.68. The van der Waals surface area contributed by atoms with Crippen LogP contribution in [0.1, 0.15) is 17.5 Å². The zero-order valence-corrected chi connectivity index (χ0v) is 17.1. The minimum absolute atomic E-state index is 0.112. The highest BCUT2D eigenvalue weighted by Crippen LogP contribution is 2.37. The van der Waals surface area contributed by atoms with E-state index in [1.165, 1.54) is 11.1 Å². The van der Waals surface area contributed by atoms with Crippen LogP contribution in [0.4, 0.5) is 0 Å². The van der Waals surface area contributed by atoms with Crippen LogP contribution in [-0.4, -0.2) is 20.3 Å². The van der Waals surface area contributed by atoms with Crippen molar-refractivity contribution in [2.75, 3.05) is 0 Å². The van der Waals surface area contributed by atoms with Crippen LogP contribution in [0.5, 0.6) is 0 Å². The van der Waals surface area contributed by atoms with Crippen LogP contribution in [0.2, 0.25) is 25.2 Å². The second-order valence-corrected chi connectivity index (χ2v) is 13.6. The smallest absolute Gasteiger partial charge is 0.0882 e. The lowest BCUT2D eigenvalue weighted by molar-refractivity contribution is -0.0861. The van der Waals surface area contributed by atoms with E-state index in [1.54, 1.807) is 0 Å². The molecule has 1 aliphatic rings. The Kier molecular flexibility index (Phi) is 6.46. The third-order valence-corrected chi connectivity index (χ3v) is 7.55. The first-order valence-electron chi connectivity index (χ1n) is 9.52. The summed E-state index contributed by atoms with van der Waals surface area (Å²) in [6, 6.07) is 20.8. The van der Waals surface area contributed by atoms with Crippen LogP contribution >= 0.6 is 0 Å². The van der Waals surface area contributed by atoms with E-state index >= 15 is 0 Å². The summed E-state index contributed by atoms with van der Waals surface area (Å²) >= 11 is 0. The predicted molar refractivity (Wildman–Crippen MR) is 111 cm³/mol. The Bertz CT molecular complexity index is 691. The van der Waals surface area contributed by atoms with E-state index in [9.17, 15) is 0 Å². The maximum atomic E-state index is 6.47. The Labute approximate surface area is 158 Å². The van der Waals surface area contributed by atoms with Crippen LogP contribution in [0.15, 0.2) is 72.8 Å². The molecule has 0 unspecified atom stereocenters. The molecule has 2 nitrogen and oxygen atoms in total. The molecular weight excluding hydrogens is 336 g/mol. The summed E-state index contributed by atoms with van der Waals surface area (Å²) in [4.78, 5) is 0. The van der Waals surface area contributed by atoms with Crippen LogP contribution in [-0.2, 0) is 22.7 Å². The minimum Gasteiger partial charge on any atom is -0.371 e. The van der Waals surface area contributed by atoms with Gasteiger partial charge in [0, 0.05) is 5.54 Å². The highest BCUT2D eigenvalue weighted by molar-refractivity contribution is 6.78. The molecule has 0 fully saturated rings. The number of benzene rings is 2. The van der Waals surface area contributed by atoms with Crippen molar-refractivity contribution >= 4 is 8.07 Å². The normalized spacial score (nSPS) is 23.1. The molecule has 0 spiro atoms. The van der Waals surface area contributed by atoms with Gasteiger partial charge in [-0.3, -0.25) is 0 Å². The summed E-state index contributed by atoms with van der Waals surface area (Å²) in [6.45, 7) is 8.54. The molecule has 138 valence electrons. The van der Waals surface area contributed by atoms with Gasteiger partial charge in [0.25, 0.3) is 0 Å². The second kappa shape index (κ2) is 8.80. The van der Waals surface area contributed by atoms with Crippen molar-refractivity contribution in [3.05, 3.63) is 83.9 Å². The van der Waals surface area contributed by atoms with E-state index in [2.05, 4.69) is 80.3 Å². The molecule has 0 amide bonds. The molecule has 0 saturated heterocycles. The Morgan fingerprint density at radius 1 is 0.808 bits per heavy atom. The lowest BCUT2D eigenvalue weighted by atomic mass is 10.00. The first-order chi connectivity index (χ1) is 12.5. The molecule has 0 bridgehead atoms. The second-order valence-electron chi connectivity index (χ2n) is 8.15. The van der Waals surface area contributed by atoms with Crippen LogP contribution < -0.4 is 0 Å². The monoisotopic (exact) mass is 366 g/mol. The van der Waals surface area contributed by atoms with Gasteiger partial charge in [0.05, 0.1) is 33.5 Å². The maximum absolute atomic E-state index is 6.47. The van der Waals surface area contributed by atoms with E-state index in [0.717, 1.165) is 6.42 Å². The quantitative estimate of drug-likeness (QED) is 0.454. The number of hydrogen-bond acceptors (Lipinski definition) is 2. The molecule has 3 atom stereocenters. The predicted octanol–water partition coefficient (Wildman–Crippen LogP) is 5.83. The SMILES string of the molecule is C[Si](C)(C)[C@H]1C=CC[C@H](OCc2ccccc2)[C@@H]1OCc1ccccc1. The van der Waals surface area contributed by atoms with Crippen LogP contribution in [0.25, 0.3) is 0 Å². The van der Waals surface area contributed by atoms with Gasteiger partial charge in [-0.15, -0.1) is 0 Å². The fourth-order valence-corrected chi connectivity index (χ4v) is 5.54. The standard InChI is InChI=1S/C23H30O2Si/c1-26(2,3)22-16-10-15-21(24-17-19-11-6-4-7-12-19)23(22)25-18-20-13-8-5-9-14-20/h4-14,16,21-23H,15,17-18H2,1-3H3/t21-,22-,23-/m0/s1. The molecule has 2 aromatic carbocycles. The molecule has 2 aromatic rings. The van der Waals surface area contributed by atoms with Gasteiger partial charge in [-0.25, -0.2) is 0 Å². The highest BCUT2D eigenvalue weighted by Gasteiger charge is 2.39. The first-order valence-corrected chi connectivity index (χ1v) is 13.1. The molecule has 0 aromatic heterocycles. The summed E-state index contributed by atoms with van der Waals surface area (Å²) in [5.74, 6) is 0. The van der Waals surface area contributed by atoms with E-state index < -0.39 is 8.07 Å². The molecular formula is C23H30O2Si. The van der Waals surface area contributed by atoms with Gasteiger partial charge >= 0.3 is 0 Å². The fraction of sp³-hybridized carbons (Fsp3) is 0.391. The molecule has 1 aliphatic carbocycles. The first kappa shape index (κ1) is 19.1. The van der Waals surface area contributed by atoms with E-state index in [1.807, 2.05) is 12.1 Å². The average Bonchev–Trinajstić information content (AvgIpc) is 2.66. The van der Waals surface area contributed by atoms with Gasteiger partial charge < -0.3 is 9.47 Å². The van der Waals surface area contributed by atoms with Gasteiger partial charge in [0.2, 0.25) is 0 Å². The molecule has 3 heteroatoms. The molecule has 3 rings (SSSR count). The third kappa shape index (κ3) is 5.16. The maximum Gasteiger partial charge on any atom is 0.0882 e. The summed E-state index contributed by atoms with van der Waals surface area (Å²) in [7, 11) is -1.40. The van der Waals surface area contributed by atoms with Crippen LogP contribution in [0.3, 0.4) is 0 Å². The summed E-state index contributed by atoms with van der Waals surface area (Å²) in [5.41, 5.74) is 2.91. The van der Waals surface area contributed by atoms with Gasteiger partial charge in [0.1, 0.15) is 0 Å². The van der Waals surface area contributed by atoms with Crippen molar-refractivity contribution in [1.82, 2.24) is 0 Å². The average molecular weight is 367 g/mol. The van der Waals surface area contributed by atoms with Gasteiger partial charge in [-0.1, -0.05) is 92.5 Å². The summed E-state index contributed by atoms with van der Waals surface area (Å²) in [5, 5.41) is 0. The Morgan fingerprint density at radius 2 is 1.35 bits per heavy atom. The molecule has 26 heavy (non-hydrogen) atoms. The van der Waals surface area contributed by atoms with Crippen molar-refractivity contribution in [2.45, 2.75) is 57.0 Å². The topological polar surface area (TPSA) is 18.5 Å². The lowest BCUT2D eigenvalue weighted by Gasteiger charge is -2.40. The highest BCUT2D eigenvalue weighted by atomic mass is 28.3. The summed E-state index contributed by atoms with van der Waals surface area (Å²) in [6.07, 6.45) is 5.83. The number of ether oxygens (including phenoxy) is 2. The summed E-state index contributed by atoms with van der Waals surface area (Å²) < 4.78 is 12.8. The van der Waals surface area contributed by atoms with Crippen molar-refractivity contribution in [3.63, 3.8) is 0 Å². The van der Waals surface area contributed by atoms with Gasteiger partial charge in [-0.05, 0) is 17.5 Å². The van der Waals surface area contributed by atoms with Gasteiger partial charge in [-0.2, -0.15) is 0 Å². The van der Waals surface area contributed by atoms with Crippen molar-refractivity contribution in [1.29, 1.82) is 0 Å². The largest absolute Gasteiger partial charge is 0.371 e. The van der Waals surface area contributed by atoms with Crippen LogP contribution in [0, 0.1) is 0 Å². The molecule has 0 heterocycles. The van der Waals surface area contributed by atoms with E-state index in [4.69, 9.17) is 9.47 Å². The Morgan fingerprint density at radius 3 is 1.88 bits per heavy atom. The Balaban J connectivity index is 1.71. The zero-order valence-electron chi connectivity index (χ0n) is 16.1. The number of rotatable bonds is 7. The van der Waals surface area contributed by atoms with E-state index in [-0.39, 0.29) is 12.2 Å². The third-order valence-electron chi connectivity index (χ3n) is 5.02. The van der Waals surface area contributed by atoms with Gasteiger partial charge in [0.15, 0.2) is 0 Å².